The average Bonchev–Trinajstić information content (AvgIpc) is 2.88. The van der Waals surface area contributed by atoms with Gasteiger partial charge in [0.25, 0.3) is 0 Å². The zero-order chi connectivity index (χ0) is 27.9. The van der Waals surface area contributed by atoms with Crippen LogP contribution in [-0.2, 0) is 27.1 Å². The van der Waals surface area contributed by atoms with Crippen molar-refractivity contribution in [1.29, 1.82) is 0 Å². The highest BCUT2D eigenvalue weighted by atomic mass is 35.5. The number of nitrogens with zero attached hydrogens (tertiary/aromatic N) is 2. The summed E-state index contributed by atoms with van der Waals surface area (Å²) in [5, 5.41) is 0. The van der Waals surface area contributed by atoms with Crippen LogP contribution < -0.4 is 0 Å². The van der Waals surface area contributed by atoms with Gasteiger partial charge in [0.2, 0.25) is 0 Å². The van der Waals surface area contributed by atoms with Crippen LogP contribution in [0.3, 0.4) is 0 Å². The van der Waals surface area contributed by atoms with E-state index in [0.717, 1.165) is 11.1 Å². The predicted molar refractivity (Wildman–Crippen MR) is 141 cm³/mol. The molecular formula is C28H35ClF6N2O3. The van der Waals surface area contributed by atoms with Crippen molar-refractivity contribution in [1.82, 2.24) is 9.80 Å². The van der Waals surface area contributed by atoms with Gasteiger partial charge in [0.05, 0.1) is 25.4 Å². The van der Waals surface area contributed by atoms with E-state index >= 15 is 0 Å². The van der Waals surface area contributed by atoms with E-state index in [1.165, 1.54) is 9.80 Å². The minimum Gasteiger partial charge on any atom is -0.375 e. The molecule has 0 unspecified atom stereocenters. The van der Waals surface area contributed by atoms with Gasteiger partial charge in [-0.3, -0.25) is 9.80 Å². The van der Waals surface area contributed by atoms with Crippen molar-refractivity contribution in [2.24, 2.45) is 0 Å². The van der Waals surface area contributed by atoms with Crippen LogP contribution in [0.2, 0.25) is 0 Å². The minimum absolute atomic E-state index is 0. The van der Waals surface area contributed by atoms with E-state index in [1.807, 2.05) is 60.7 Å². The van der Waals surface area contributed by atoms with Gasteiger partial charge in [0.15, 0.2) is 12.2 Å². The predicted octanol–water partition coefficient (Wildman–Crippen LogP) is 5.17. The molecule has 0 saturated carbocycles. The molecule has 0 amide bonds. The van der Waals surface area contributed by atoms with Crippen LogP contribution in [0.1, 0.15) is 11.1 Å². The number of hydrogen-bond acceptors (Lipinski definition) is 5. The van der Waals surface area contributed by atoms with Crippen LogP contribution in [0, 0.1) is 0 Å². The van der Waals surface area contributed by atoms with Crippen LogP contribution in [0.15, 0.2) is 60.7 Å². The number of hydrogen-bond donors (Lipinski definition) is 0. The Labute approximate surface area is 236 Å². The van der Waals surface area contributed by atoms with Gasteiger partial charge < -0.3 is 14.2 Å². The average molecular weight is 597 g/mol. The fourth-order valence-corrected chi connectivity index (χ4v) is 5.01. The first kappa shape index (κ1) is 32.6. The van der Waals surface area contributed by atoms with Gasteiger partial charge in [-0.1, -0.05) is 60.7 Å². The molecule has 2 heterocycles. The molecule has 0 spiro atoms. The number of benzene rings is 2. The van der Waals surface area contributed by atoms with Gasteiger partial charge in [-0.15, -0.1) is 12.4 Å². The standard InChI is InChI=1S/C28H34F6N2O3.ClH/c29-27(30,31)25(19-35-11-13-37-23(17-35)15-21-7-3-1-4-8-21)39-26(28(32,33)34)20-36-12-14-38-24(18-36)16-22-9-5-2-6-10-22;/h1-10,23-26H,11-20H2;1H/t23-,24-,25-,26-;/m0./s1. The van der Waals surface area contributed by atoms with Crippen molar-refractivity contribution in [2.45, 2.75) is 49.6 Å². The molecule has 0 N–H and O–H groups in total. The van der Waals surface area contributed by atoms with E-state index < -0.39 is 37.7 Å². The molecule has 0 bridgehead atoms. The van der Waals surface area contributed by atoms with E-state index in [9.17, 15) is 26.3 Å². The SMILES string of the molecule is Cl.FC(F)(F)[C@H](CN1CCO[C@@H](Cc2ccccc2)C1)O[C@@H](CN1CCO[C@@H](Cc2ccccc2)C1)C(F)(F)F. The lowest BCUT2D eigenvalue weighted by Gasteiger charge is -2.38. The molecule has 4 rings (SSSR count). The number of halogens is 7. The lowest BCUT2D eigenvalue weighted by molar-refractivity contribution is -0.292. The van der Waals surface area contributed by atoms with Gasteiger partial charge in [-0.2, -0.15) is 26.3 Å². The first-order valence-corrected chi connectivity index (χ1v) is 13.1. The first-order valence-electron chi connectivity index (χ1n) is 13.1. The van der Waals surface area contributed by atoms with E-state index in [-0.39, 0.29) is 64.0 Å². The van der Waals surface area contributed by atoms with Crippen molar-refractivity contribution in [3.63, 3.8) is 0 Å². The molecule has 4 atom stereocenters. The Morgan fingerprint density at radius 1 is 0.675 bits per heavy atom. The molecule has 12 heteroatoms. The Bertz CT molecular complexity index is 920. The fourth-order valence-electron chi connectivity index (χ4n) is 5.01. The van der Waals surface area contributed by atoms with Crippen molar-refractivity contribution in [3.05, 3.63) is 71.8 Å². The molecule has 0 aromatic heterocycles. The van der Waals surface area contributed by atoms with Gasteiger partial charge in [-0.05, 0) is 24.0 Å². The van der Waals surface area contributed by atoms with E-state index in [2.05, 4.69) is 0 Å². The highest BCUT2D eigenvalue weighted by Gasteiger charge is 2.50. The zero-order valence-electron chi connectivity index (χ0n) is 21.9. The molecule has 40 heavy (non-hydrogen) atoms. The monoisotopic (exact) mass is 596 g/mol. The van der Waals surface area contributed by atoms with Gasteiger partial charge in [0, 0.05) is 39.3 Å². The molecule has 0 aliphatic carbocycles. The molecule has 0 radical (unpaired) electrons. The maximum atomic E-state index is 14.0. The number of ether oxygens (including phenoxy) is 3. The van der Waals surface area contributed by atoms with Crippen LogP contribution in [-0.4, -0.2) is 99.1 Å². The van der Waals surface area contributed by atoms with Crippen molar-refractivity contribution in [3.8, 4) is 0 Å². The second kappa shape index (κ2) is 14.8. The minimum atomic E-state index is -4.96. The summed E-state index contributed by atoms with van der Waals surface area (Å²) in [5.41, 5.74) is 1.95. The zero-order valence-corrected chi connectivity index (χ0v) is 22.8. The van der Waals surface area contributed by atoms with Crippen molar-refractivity contribution in [2.75, 3.05) is 52.5 Å². The molecule has 224 valence electrons. The van der Waals surface area contributed by atoms with E-state index in [1.54, 1.807) is 0 Å². The molecule has 2 fully saturated rings. The Morgan fingerprint density at radius 3 is 1.40 bits per heavy atom. The highest BCUT2D eigenvalue weighted by molar-refractivity contribution is 5.85. The summed E-state index contributed by atoms with van der Waals surface area (Å²) < 4.78 is 100. The van der Waals surface area contributed by atoms with Crippen molar-refractivity contribution < 1.29 is 40.6 Å². The summed E-state index contributed by atoms with van der Waals surface area (Å²) >= 11 is 0. The Hall–Kier alpha value is -1.89. The Kier molecular flexibility index (Phi) is 12.1. The smallest absolute Gasteiger partial charge is 0.375 e. The summed E-state index contributed by atoms with van der Waals surface area (Å²) in [5.74, 6) is 0. The van der Waals surface area contributed by atoms with Crippen LogP contribution >= 0.6 is 12.4 Å². The topological polar surface area (TPSA) is 34.2 Å². The molecule has 5 nitrogen and oxygen atoms in total. The summed E-state index contributed by atoms with van der Waals surface area (Å²) in [6.07, 6.45) is -14.8. The fraction of sp³-hybridized carbons (Fsp3) is 0.571. The number of alkyl halides is 6. The lowest BCUT2D eigenvalue weighted by atomic mass is 10.1. The summed E-state index contributed by atoms with van der Waals surface area (Å²) in [6, 6.07) is 18.8. The Morgan fingerprint density at radius 2 is 1.05 bits per heavy atom. The third-order valence-electron chi connectivity index (χ3n) is 6.96. The highest BCUT2D eigenvalue weighted by Crippen LogP contribution is 2.32. The summed E-state index contributed by atoms with van der Waals surface area (Å²) in [6.45, 7) is -0.277. The van der Waals surface area contributed by atoms with E-state index in [0.29, 0.717) is 12.8 Å². The molecule has 2 aromatic carbocycles. The third kappa shape index (κ3) is 10.2. The van der Waals surface area contributed by atoms with Crippen LogP contribution in [0.25, 0.3) is 0 Å². The molecule has 2 saturated heterocycles. The molecule has 2 aliphatic rings. The molecular weight excluding hydrogens is 562 g/mol. The van der Waals surface area contributed by atoms with Crippen LogP contribution in [0.5, 0.6) is 0 Å². The number of rotatable bonds is 10. The molecule has 2 aliphatic heterocycles. The Balaban J connectivity index is 0.00000441. The second-order valence-electron chi connectivity index (χ2n) is 10.1. The van der Waals surface area contributed by atoms with E-state index in [4.69, 9.17) is 14.2 Å². The van der Waals surface area contributed by atoms with Crippen molar-refractivity contribution >= 4 is 12.4 Å². The first-order chi connectivity index (χ1) is 18.6. The van der Waals surface area contributed by atoms with Crippen LogP contribution in [0.4, 0.5) is 26.3 Å². The number of morpholine rings is 2. The molecule has 2 aromatic rings. The third-order valence-corrected chi connectivity index (χ3v) is 6.96. The lowest BCUT2D eigenvalue weighted by Crippen LogP contribution is -2.55. The van der Waals surface area contributed by atoms with Gasteiger partial charge in [-0.25, -0.2) is 0 Å². The second-order valence-corrected chi connectivity index (χ2v) is 10.1. The maximum absolute atomic E-state index is 14.0. The normalized spacial score (nSPS) is 22.9. The largest absolute Gasteiger partial charge is 0.415 e. The van der Waals surface area contributed by atoms with Gasteiger partial charge in [0.1, 0.15) is 0 Å². The maximum Gasteiger partial charge on any atom is 0.415 e. The van der Waals surface area contributed by atoms with Gasteiger partial charge >= 0.3 is 12.4 Å². The summed E-state index contributed by atoms with van der Waals surface area (Å²) in [4.78, 5) is 2.96. The summed E-state index contributed by atoms with van der Waals surface area (Å²) in [7, 11) is 0. The quantitative estimate of drug-likeness (QED) is 0.354.